The lowest BCUT2D eigenvalue weighted by Gasteiger charge is -2.36. The van der Waals surface area contributed by atoms with Crippen molar-refractivity contribution in [3.63, 3.8) is 0 Å². The molecular formula is C26H27ClFN3O3. The number of rotatable bonds is 5. The van der Waals surface area contributed by atoms with E-state index in [2.05, 4.69) is 5.32 Å². The van der Waals surface area contributed by atoms with Crippen molar-refractivity contribution in [1.82, 2.24) is 14.8 Å². The van der Waals surface area contributed by atoms with Crippen molar-refractivity contribution in [2.24, 2.45) is 0 Å². The number of benzene rings is 2. The summed E-state index contributed by atoms with van der Waals surface area (Å²) in [6, 6.07) is 15.3. The molecule has 34 heavy (non-hydrogen) atoms. The maximum atomic E-state index is 14.9. The van der Waals surface area contributed by atoms with Gasteiger partial charge in [-0.1, -0.05) is 41.9 Å². The molecule has 6 nitrogen and oxygen atoms in total. The Morgan fingerprint density at radius 3 is 2.53 bits per heavy atom. The molecule has 0 saturated carbocycles. The lowest BCUT2D eigenvalue weighted by molar-refractivity contribution is 0.0868. The molecule has 178 valence electrons. The molecule has 0 spiro atoms. The number of carboxylic acid groups (broad SMARTS) is 1. The van der Waals surface area contributed by atoms with Crippen molar-refractivity contribution in [2.75, 3.05) is 13.1 Å². The van der Waals surface area contributed by atoms with E-state index in [-0.39, 0.29) is 18.5 Å². The fourth-order valence-corrected chi connectivity index (χ4v) is 4.67. The number of hydrogen-bond donors (Lipinski definition) is 2. The van der Waals surface area contributed by atoms with Crippen molar-refractivity contribution in [1.29, 1.82) is 0 Å². The second kappa shape index (κ2) is 9.14. The van der Waals surface area contributed by atoms with Crippen molar-refractivity contribution in [2.45, 2.75) is 38.8 Å². The van der Waals surface area contributed by atoms with Gasteiger partial charge in [0, 0.05) is 34.8 Å². The molecular weight excluding hydrogens is 457 g/mol. The smallest absolute Gasteiger partial charge is 0.407 e. The van der Waals surface area contributed by atoms with Crippen LogP contribution >= 0.6 is 11.6 Å². The van der Waals surface area contributed by atoms with E-state index in [1.54, 1.807) is 12.1 Å². The van der Waals surface area contributed by atoms with Crippen LogP contribution in [0.5, 0.6) is 0 Å². The van der Waals surface area contributed by atoms with Crippen LogP contribution in [-0.4, -0.2) is 45.2 Å². The topological polar surface area (TPSA) is 74.6 Å². The number of fused-ring (bicyclic) bond motifs is 1. The van der Waals surface area contributed by atoms with E-state index >= 15 is 0 Å². The Morgan fingerprint density at radius 2 is 1.88 bits per heavy atom. The molecule has 2 amide bonds. The molecule has 1 aromatic heterocycles. The Labute approximate surface area is 203 Å². The SMILES string of the molecule is CC(C)(C)N(CCC1CNC(=O)c2cc(-c3cc(Cl)ccc3F)c(-c3ccccc3)n21)C(=O)O. The summed E-state index contributed by atoms with van der Waals surface area (Å²) in [7, 11) is 0. The first-order chi connectivity index (χ1) is 16.1. The van der Waals surface area contributed by atoms with E-state index in [0.29, 0.717) is 40.5 Å². The van der Waals surface area contributed by atoms with Crippen LogP contribution in [0.2, 0.25) is 5.02 Å². The van der Waals surface area contributed by atoms with Crippen LogP contribution in [0.3, 0.4) is 0 Å². The highest BCUT2D eigenvalue weighted by atomic mass is 35.5. The van der Waals surface area contributed by atoms with Gasteiger partial charge in [0.1, 0.15) is 11.5 Å². The molecule has 0 saturated heterocycles. The van der Waals surface area contributed by atoms with Crippen LogP contribution in [0, 0.1) is 5.82 Å². The predicted octanol–water partition coefficient (Wildman–Crippen LogP) is 6.07. The summed E-state index contributed by atoms with van der Waals surface area (Å²) in [6.45, 7) is 6.17. The minimum absolute atomic E-state index is 0.219. The van der Waals surface area contributed by atoms with E-state index < -0.39 is 17.4 Å². The summed E-state index contributed by atoms with van der Waals surface area (Å²) in [5, 5.41) is 13.0. The largest absolute Gasteiger partial charge is 0.465 e. The van der Waals surface area contributed by atoms with Gasteiger partial charge in [-0.2, -0.15) is 0 Å². The Morgan fingerprint density at radius 1 is 1.18 bits per heavy atom. The van der Waals surface area contributed by atoms with Gasteiger partial charge < -0.3 is 19.9 Å². The Bertz CT molecular complexity index is 1230. The molecule has 1 aliphatic rings. The van der Waals surface area contributed by atoms with Crippen molar-refractivity contribution in [3.8, 4) is 22.4 Å². The zero-order valence-corrected chi connectivity index (χ0v) is 20.1. The Kier molecular flexibility index (Phi) is 6.41. The first-order valence-electron chi connectivity index (χ1n) is 11.1. The molecule has 0 fully saturated rings. The molecule has 0 radical (unpaired) electrons. The van der Waals surface area contributed by atoms with Crippen LogP contribution in [0.4, 0.5) is 9.18 Å². The molecule has 4 rings (SSSR count). The van der Waals surface area contributed by atoms with Crippen LogP contribution in [0.1, 0.15) is 43.7 Å². The molecule has 1 unspecified atom stereocenters. The van der Waals surface area contributed by atoms with Crippen LogP contribution in [0.15, 0.2) is 54.6 Å². The third kappa shape index (κ3) is 4.53. The molecule has 2 aromatic carbocycles. The van der Waals surface area contributed by atoms with Crippen LogP contribution in [-0.2, 0) is 0 Å². The van der Waals surface area contributed by atoms with Gasteiger partial charge in [-0.05, 0) is 57.0 Å². The molecule has 1 aliphatic heterocycles. The number of carbonyl (C=O) groups excluding carboxylic acids is 1. The van der Waals surface area contributed by atoms with Gasteiger partial charge in [-0.25, -0.2) is 9.18 Å². The number of amides is 2. The van der Waals surface area contributed by atoms with Crippen molar-refractivity contribution >= 4 is 23.6 Å². The fourth-order valence-electron chi connectivity index (χ4n) is 4.50. The standard InChI is InChI=1S/C26H27ClFN3O3/c1-26(2,3)30(25(33)34)12-11-18-15-29-24(32)22-14-20(19-13-17(27)9-10-21(19)28)23(31(18)22)16-7-5-4-6-8-16/h4-10,13-14,18H,11-12,15H2,1-3H3,(H,29,32)(H,33,34). The van der Waals surface area contributed by atoms with E-state index in [0.717, 1.165) is 5.56 Å². The number of halogens is 2. The summed E-state index contributed by atoms with van der Waals surface area (Å²) in [4.78, 5) is 26.1. The maximum Gasteiger partial charge on any atom is 0.407 e. The van der Waals surface area contributed by atoms with E-state index in [9.17, 15) is 19.1 Å². The zero-order valence-electron chi connectivity index (χ0n) is 19.3. The highest BCUT2D eigenvalue weighted by Crippen LogP contribution is 2.41. The lowest BCUT2D eigenvalue weighted by Crippen LogP contribution is -2.47. The first-order valence-corrected chi connectivity index (χ1v) is 11.5. The Hall–Kier alpha value is -3.32. The van der Waals surface area contributed by atoms with Gasteiger partial charge in [0.05, 0.1) is 11.7 Å². The molecule has 2 heterocycles. The zero-order chi connectivity index (χ0) is 24.6. The normalized spacial score (nSPS) is 15.6. The number of carbonyl (C=O) groups is 2. The van der Waals surface area contributed by atoms with Gasteiger partial charge in [0.15, 0.2) is 0 Å². The summed E-state index contributed by atoms with van der Waals surface area (Å²) in [5.74, 6) is -0.695. The number of hydrogen-bond acceptors (Lipinski definition) is 2. The van der Waals surface area contributed by atoms with E-state index in [4.69, 9.17) is 11.6 Å². The van der Waals surface area contributed by atoms with E-state index in [1.807, 2.05) is 55.7 Å². The minimum Gasteiger partial charge on any atom is -0.465 e. The molecule has 0 aliphatic carbocycles. The minimum atomic E-state index is -0.995. The first kappa shape index (κ1) is 23.8. The van der Waals surface area contributed by atoms with E-state index in [1.165, 1.54) is 17.0 Å². The van der Waals surface area contributed by atoms with Crippen molar-refractivity contribution in [3.05, 3.63) is 71.1 Å². The second-order valence-corrected chi connectivity index (χ2v) is 9.85. The summed E-state index contributed by atoms with van der Waals surface area (Å²) in [6.07, 6.45) is -0.520. The lowest BCUT2D eigenvalue weighted by atomic mass is 10.00. The fraction of sp³-hybridized carbons (Fsp3) is 0.308. The van der Waals surface area contributed by atoms with Crippen LogP contribution < -0.4 is 5.32 Å². The third-order valence-corrected chi connectivity index (χ3v) is 6.36. The van der Waals surface area contributed by atoms with Gasteiger partial charge in [0.2, 0.25) is 0 Å². The molecule has 2 N–H and O–H groups in total. The highest BCUT2D eigenvalue weighted by Gasteiger charge is 2.33. The monoisotopic (exact) mass is 483 g/mol. The van der Waals surface area contributed by atoms with Crippen LogP contribution in [0.25, 0.3) is 22.4 Å². The molecule has 0 bridgehead atoms. The summed E-state index contributed by atoms with van der Waals surface area (Å²) >= 11 is 6.19. The molecule has 1 atom stereocenters. The van der Waals surface area contributed by atoms with Crippen molar-refractivity contribution < 1.29 is 19.1 Å². The average Bonchev–Trinajstić information content (AvgIpc) is 3.18. The predicted molar refractivity (Wildman–Crippen MR) is 131 cm³/mol. The molecule has 3 aromatic rings. The van der Waals surface area contributed by atoms with Gasteiger partial charge in [-0.15, -0.1) is 0 Å². The Balaban J connectivity index is 1.87. The summed E-state index contributed by atoms with van der Waals surface area (Å²) in [5.41, 5.74) is 2.24. The third-order valence-electron chi connectivity index (χ3n) is 6.13. The summed E-state index contributed by atoms with van der Waals surface area (Å²) < 4.78 is 16.9. The maximum absolute atomic E-state index is 14.9. The number of nitrogens with zero attached hydrogens (tertiary/aromatic N) is 2. The highest BCUT2D eigenvalue weighted by molar-refractivity contribution is 6.30. The average molecular weight is 484 g/mol. The molecule has 8 heteroatoms. The quantitative estimate of drug-likeness (QED) is 0.462. The number of aromatic nitrogens is 1. The number of nitrogens with one attached hydrogen (secondary N) is 1. The van der Waals surface area contributed by atoms with Gasteiger partial charge in [-0.3, -0.25) is 4.79 Å². The van der Waals surface area contributed by atoms with Gasteiger partial charge >= 0.3 is 6.09 Å². The van der Waals surface area contributed by atoms with Gasteiger partial charge in [0.25, 0.3) is 5.91 Å². The second-order valence-electron chi connectivity index (χ2n) is 9.41.